The first-order chi connectivity index (χ1) is 25.0. The average molecular weight is 748 g/mol. The summed E-state index contributed by atoms with van der Waals surface area (Å²) in [5, 5.41) is 11.3. The van der Waals surface area contributed by atoms with Gasteiger partial charge in [-0.2, -0.15) is 0 Å². The monoisotopic (exact) mass is 748 g/mol. The summed E-state index contributed by atoms with van der Waals surface area (Å²) < 4.78 is 6.40. The number of hydrogen-bond acceptors (Lipinski definition) is 4. The Bertz CT molecular complexity index is 1400. The molecule has 0 aliphatic heterocycles. The van der Waals surface area contributed by atoms with Crippen LogP contribution in [0.1, 0.15) is 236 Å². The molecule has 0 spiro atoms. The summed E-state index contributed by atoms with van der Waals surface area (Å²) in [5.41, 5.74) is 2.54. The number of benzene rings is 2. The van der Waals surface area contributed by atoms with Crippen molar-refractivity contribution in [3.63, 3.8) is 0 Å². The molecule has 0 bridgehead atoms. The predicted molar refractivity (Wildman–Crippen MR) is 231 cm³/mol. The quantitative estimate of drug-likeness (QED) is 0.0832. The number of esters is 1. The first-order valence-electron chi connectivity index (χ1n) is 21.5. The van der Waals surface area contributed by atoms with Crippen LogP contribution in [0.4, 0.5) is 0 Å². The Balaban J connectivity index is 2.11. The Morgan fingerprint density at radius 3 is 1.17 bits per heavy atom. The first kappa shape index (κ1) is 47.3. The van der Waals surface area contributed by atoms with Gasteiger partial charge in [0.2, 0.25) is 0 Å². The highest BCUT2D eigenvalue weighted by Crippen LogP contribution is 2.43. The number of aromatic hydroxyl groups is 1. The molecule has 0 unspecified atom stereocenters. The smallest absolute Gasteiger partial charge is 0.343 e. The molecular formula is C49H81NO4. The summed E-state index contributed by atoms with van der Waals surface area (Å²) in [6.45, 7) is 27.8. The van der Waals surface area contributed by atoms with E-state index in [1.54, 1.807) is 12.1 Å². The van der Waals surface area contributed by atoms with Crippen molar-refractivity contribution in [1.82, 2.24) is 4.90 Å². The second kappa shape index (κ2) is 20.9. The van der Waals surface area contributed by atoms with E-state index in [2.05, 4.69) is 48.5 Å². The minimum absolute atomic E-state index is 0.00647. The lowest BCUT2D eigenvalue weighted by Crippen LogP contribution is -2.29. The lowest BCUT2D eigenvalue weighted by molar-refractivity contribution is 0.0728. The molecule has 0 saturated heterocycles. The molecule has 306 valence electrons. The minimum Gasteiger partial charge on any atom is -0.507 e. The number of phenols is 1. The van der Waals surface area contributed by atoms with E-state index in [0.717, 1.165) is 30.5 Å². The van der Waals surface area contributed by atoms with Crippen molar-refractivity contribution in [3.05, 3.63) is 57.6 Å². The van der Waals surface area contributed by atoms with Crippen molar-refractivity contribution < 1.29 is 19.4 Å². The van der Waals surface area contributed by atoms with Gasteiger partial charge in [-0.25, -0.2) is 4.79 Å². The predicted octanol–water partition coefficient (Wildman–Crippen LogP) is 14.1. The van der Waals surface area contributed by atoms with Gasteiger partial charge in [0.25, 0.3) is 5.91 Å². The van der Waals surface area contributed by atoms with E-state index >= 15 is 0 Å². The fourth-order valence-electron chi connectivity index (χ4n) is 7.24. The molecule has 0 aliphatic carbocycles. The number of unbranched alkanes of at least 4 members (excludes halogenated alkanes) is 15. The van der Waals surface area contributed by atoms with Gasteiger partial charge in [0.15, 0.2) is 0 Å². The van der Waals surface area contributed by atoms with Gasteiger partial charge in [0.05, 0.1) is 5.56 Å². The molecule has 54 heavy (non-hydrogen) atoms. The highest BCUT2D eigenvalue weighted by atomic mass is 16.5. The first-order valence-corrected chi connectivity index (χ1v) is 21.5. The molecule has 0 atom stereocenters. The van der Waals surface area contributed by atoms with Crippen LogP contribution >= 0.6 is 0 Å². The molecule has 5 heteroatoms. The second-order valence-corrected chi connectivity index (χ2v) is 20.2. The molecule has 1 amide bonds. The van der Waals surface area contributed by atoms with Crippen LogP contribution in [0.15, 0.2) is 24.3 Å². The minimum atomic E-state index is -0.471. The number of ether oxygens (including phenoxy) is 1. The molecular weight excluding hydrogens is 667 g/mol. The molecule has 2 aromatic rings. The van der Waals surface area contributed by atoms with Crippen LogP contribution in [0.2, 0.25) is 0 Å². The third kappa shape index (κ3) is 15.0. The molecule has 0 aliphatic rings. The number of nitrogens with zero attached hydrogens (tertiary/aromatic N) is 1. The van der Waals surface area contributed by atoms with Gasteiger partial charge in [-0.15, -0.1) is 0 Å². The number of carbonyl (C=O) groups is 2. The van der Waals surface area contributed by atoms with Crippen LogP contribution in [0, 0.1) is 0 Å². The van der Waals surface area contributed by atoms with Gasteiger partial charge < -0.3 is 14.7 Å². The highest BCUT2D eigenvalue weighted by molar-refractivity contribution is 5.96. The van der Waals surface area contributed by atoms with Gasteiger partial charge in [-0.1, -0.05) is 186 Å². The third-order valence-electron chi connectivity index (χ3n) is 10.8. The maximum absolute atomic E-state index is 14.1. The van der Waals surface area contributed by atoms with Gasteiger partial charge >= 0.3 is 5.97 Å². The van der Waals surface area contributed by atoms with Crippen LogP contribution in [-0.4, -0.2) is 35.5 Å². The van der Waals surface area contributed by atoms with E-state index in [1.807, 2.05) is 65.6 Å². The lowest BCUT2D eigenvalue weighted by Gasteiger charge is -2.31. The summed E-state index contributed by atoms with van der Waals surface area (Å²) in [7, 11) is 1.90. The zero-order valence-corrected chi connectivity index (χ0v) is 37.4. The molecule has 5 nitrogen and oxygen atoms in total. The Morgan fingerprint density at radius 2 is 0.833 bits per heavy atom. The second-order valence-electron chi connectivity index (χ2n) is 20.2. The third-order valence-corrected chi connectivity index (χ3v) is 10.8. The normalized spacial score (nSPS) is 12.6. The lowest BCUT2D eigenvalue weighted by atomic mass is 9.78. The maximum atomic E-state index is 14.1. The molecule has 0 radical (unpaired) electrons. The molecule has 0 fully saturated rings. The fourth-order valence-corrected chi connectivity index (χ4v) is 7.24. The zero-order chi connectivity index (χ0) is 40.9. The summed E-state index contributed by atoms with van der Waals surface area (Å²) in [5.74, 6) is 0.262. The fraction of sp³-hybridized carbons (Fsp3) is 0.714. The van der Waals surface area contributed by atoms with Crippen molar-refractivity contribution in [1.29, 1.82) is 0 Å². The number of amides is 1. The largest absolute Gasteiger partial charge is 0.507 e. The number of rotatable bonds is 20. The Hall–Kier alpha value is -2.82. The average Bonchev–Trinajstić information content (AvgIpc) is 3.05. The van der Waals surface area contributed by atoms with E-state index in [9.17, 15) is 14.7 Å². The van der Waals surface area contributed by atoms with Gasteiger partial charge in [-0.3, -0.25) is 4.79 Å². The van der Waals surface area contributed by atoms with Crippen LogP contribution < -0.4 is 4.74 Å². The number of carbonyl (C=O) groups excluding carboxylic acids is 2. The van der Waals surface area contributed by atoms with E-state index in [4.69, 9.17) is 4.74 Å². The molecule has 2 rings (SSSR count). The SMILES string of the molecule is CCCCCCCCCCCCCCCCCCN(C)C(=O)c1cc(C(C)(C)C)c(OC(=O)c2cc(C(C)(C)C)c(O)c(C(C)(C)C)c2)c(C(C)(C)C)c1. The standard InChI is InChI=1S/C49H81NO4/c1-15-16-17-18-19-20-21-22-23-24-25-26-27-28-29-30-31-50(14)44(52)36-32-40(48(8,9)10)43(41(33-36)49(11,12)13)54-45(53)37-34-38(46(2,3)4)42(51)39(35-37)47(5,6)7/h32-35,51H,15-31H2,1-14H3. The molecule has 0 heterocycles. The molecule has 1 N–H and O–H groups in total. The summed E-state index contributed by atoms with van der Waals surface area (Å²) >= 11 is 0. The summed E-state index contributed by atoms with van der Waals surface area (Å²) in [6.07, 6.45) is 21.2. The molecule has 0 saturated carbocycles. The zero-order valence-electron chi connectivity index (χ0n) is 37.4. The van der Waals surface area contributed by atoms with E-state index in [0.29, 0.717) is 28.0 Å². The van der Waals surface area contributed by atoms with E-state index in [-0.39, 0.29) is 22.5 Å². The van der Waals surface area contributed by atoms with Crippen molar-refractivity contribution in [3.8, 4) is 11.5 Å². The summed E-state index contributed by atoms with van der Waals surface area (Å²) in [4.78, 5) is 29.9. The van der Waals surface area contributed by atoms with Crippen molar-refractivity contribution >= 4 is 11.9 Å². The highest BCUT2D eigenvalue weighted by Gasteiger charge is 2.33. The topological polar surface area (TPSA) is 66.8 Å². The maximum Gasteiger partial charge on any atom is 0.343 e. The molecule has 2 aromatic carbocycles. The van der Waals surface area contributed by atoms with Crippen LogP contribution in [0.3, 0.4) is 0 Å². The van der Waals surface area contributed by atoms with Crippen LogP contribution in [0.25, 0.3) is 0 Å². The van der Waals surface area contributed by atoms with Crippen molar-refractivity contribution in [2.24, 2.45) is 0 Å². The molecule has 0 aromatic heterocycles. The Labute approximate surface area is 332 Å². The van der Waals surface area contributed by atoms with Crippen LogP contribution in [0.5, 0.6) is 11.5 Å². The van der Waals surface area contributed by atoms with Crippen molar-refractivity contribution in [2.45, 2.75) is 214 Å². The van der Waals surface area contributed by atoms with E-state index in [1.165, 1.54) is 89.9 Å². The Kier molecular flexibility index (Phi) is 18.3. The number of hydrogen-bond donors (Lipinski definition) is 1. The van der Waals surface area contributed by atoms with E-state index < -0.39 is 16.8 Å². The Morgan fingerprint density at radius 1 is 0.519 bits per heavy atom. The van der Waals surface area contributed by atoms with Gasteiger partial charge in [-0.05, 0) is 52.3 Å². The van der Waals surface area contributed by atoms with Gasteiger partial charge in [0.1, 0.15) is 11.5 Å². The van der Waals surface area contributed by atoms with Crippen LogP contribution in [-0.2, 0) is 21.7 Å². The summed E-state index contributed by atoms with van der Waals surface area (Å²) in [6, 6.07) is 7.41. The number of phenolic OH excluding ortho intramolecular Hbond substituents is 1. The van der Waals surface area contributed by atoms with Gasteiger partial charge in [0, 0.05) is 41.4 Å². The van der Waals surface area contributed by atoms with Crippen molar-refractivity contribution in [2.75, 3.05) is 13.6 Å².